The number of thioether (sulfide) groups is 1. The van der Waals surface area contributed by atoms with Crippen molar-refractivity contribution in [2.45, 2.75) is 17.4 Å². The van der Waals surface area contributed by atoms with E-state index in [1.165, 1.54) is 24.5 Å². The molecule has 0 radical (unpaired) electrons. The average Bonchev–Trinajstić information content (AvgIpc) is 3.26. The van der Waals surface area contributed by atoms with Crippen LogP contribution in [0.4, 0.5) is 11.4 Å². The van der Waals surface area contributed by atoms with Gasteiger partial charge in [-0.05, 0) is 25.1 Å². The lowest BCUT2D eigenvalue weighted by Gasteiger charge is -2.09. The highest BCUT2D eigenvalue weighted by Crippen LogP contribution is 2.28. The summed E-state index contributed by atoms with van der Waals surface area (Å²) in [4.78, 5) is 22.7. The number of carbonyl (C=O) groups excluding carboxylic acids is 1. The first-order chi connectivity index (χ1) is 12.0. The van der Waals surface area contributed by atoms with Crippen LogP contribution in [-0.4, -0.2) is 26.3 Å². The van der Waals surface area contributed by atoms with E-state index in [1.54, 1.807) is 25.1 Å². The highest BCUT2D eigenvalue weighted by molar-refractivity contribution is 8.00. The lowest BCUT2D eigenvalue weighted by Crippen LogP contribution is -2.22. The Morgan fingerprint density at radius 3 is 2.80 bits per heavy atom. The lowest BCUT2D eigenvalue weighted by molar-refractivity contribution is -0.383. The van der Waals surface area contributed by atoms with E-state index in [0.29, 0.717) is 5.76 Å². The second kappa shape index (κ2) is 7.18. The third kappa shape index (κ3) is 3.86. The molecule has 1 N–H and O–H groups in total. The summed E-state index contributed by atoms with van der Waals surface area (Å²) in [6.07, 6.45) is 1.48. The van der Waals surface area contributed by atoms with Crippen molar-refractivity contribution in [3.8, 4) is 11.7 Å². The Labute approximate surface area is 145 Å². The summed E-state index contributed by atoms with van der Waals surface area (Å²) in [6, 6.07) is 9.28. The van der Waals surface area contributed by atoms with Crippen LogP contribution in [0.15, 0.2) is 56.7 Å². The smallest absolute Gasteiger partial charge is 0.292 e. The van der Waals surface area contributed by atoms with E-state index < -0.39 is 16.1 Å². The fourth-order valence-electron chi connectivity index (χ4n) is 1.93. The van der Waals surface area contributed by atoms with Gasteiger partial charge in [0.15, 0.2) is 5.76 Å². The molecule has 2 aromatic heterocycles. The van der Waals surface area contributed by atoms with Gasteiger partial charge in [0.25, 0.3) is 16.8 Å². The summed E-state index contributed by atoms with van der Waals surface area (Å²) in [5.74, 6) is 0.215. The van der Waals surface area contributed by atoms with Crippen LogP contribution in [0, 0.1) is 10.1 Å². The van der Waals surface area contributed by atoms with Crippen LogP contribution in [-0.2, 0) is 4.79 Å². The quantitative estimate of drug-likeness (QED) is 0.403. The van der Waals surface area contributed by atoms with E-state index in [1.807, 2.05) is 0 Å². The molecule has 3 rings (SSSR count). The molecule has 1 amide bonds. The Hall–Kier alpha value is -3.14. The summed E-state index contributed by atoms with van der Waals surface area (Å²) in [7, 11) is 0. The summed E-state index contributed by atoms with van der Waals surface area (Å²) < 4.78 is 10.6. The zero-order valence-electron chi connectivity index (χ0n) is 12.9. The number of amides is 1. The third-order valence-electron chi connectivity index (χ3n) is 3.14. The number of carbonyl (C=O) groups is 1. The Balaban J connectivity index is 1.66. The summed E-state index contributed by atoms with van der Waals surface area (Å²) >= 11 is 1.04. The van der Waals surface area contributed by atoms with Crippen molar-refractivity contribution in [3.63, 3.8) is 0 Å². The summed E-state index contributed by atoms with van der Waals surface area (Å²) in [5, 5.41) is 20.8. The molecule has 10 heteroatoms. The van der Waals surface area contributed by atoms with Gasteiger partial charge in [0, 0.05) is 6.07 Å². The van der Waals surface area contributed by atoms with Crippen molar-refractivity contribution in [1.82, 2.24) is 10.2 Å². The van der Waals surface area contributed by atoms with Gasteiger partial charge < -0.3 is 14.2 Å². The van der Waals surface area contributed by atoms with Gasteiger partial charge in [0.2, 0.25) is 5.91 Å². The van der Waals surface area contributed by atoms with Crippen molar-refractivity contribution in [2.75, 3.05) is 5.32 Å². The molecule has 0 saturated carbocycles. The highest BCUT2D eigenvalue weighted by atomic mass is 32.2. The van der Waals surface area contributed by atoms with Crippen molar-refractivity contribution < 1.29 is 18.6 Å². The minimum atomic E-state index is -0.607. The summed E-state index contributed by atoms with van der Waals surface area (Å²) in [6.45, 7) is 1.63. The maximum Gasteiger partial charge on any atom is 0.292 e. The third-order valence-corrected chi connectivity index (χ3v) is 4.08. The minimum Gasteiger partial charge on any atom is -0.459 e. The van der Waals surface area contributed by atoms with Gasteiger partial charge in [-0.1, -0.05) is 23.9 Å². The first kappa shape index (κ1) is 16.7. The van der Waals surface area contributed by atoms with Gasteiger partial charge in [-0.3, -0.25) is 14.9 Å². The number of hydrogen-bond donors (Lipinski definition) is 1. The van der Waals surface area contributed by atoms with Crippen LogP contribution in [0.3, 0.4) is 0 Å². The van der Waals surface area contributed by atoms with E-state index in [2.05, 4.69) is 15.5 Å². The van der Waals surface area contributed by atoms with Gasteiger partial charge >= 0.3 is 0 Å². The van der Waals surface area contributed by atoms with Gasteiger partial charge in [-0.2, -0.15) is 0 Å². The maximum absolute atomic E-state index is 12.3. The fraction of sp³-hybridized carbons (Fsp3) is 0.133. The lowest BCUT2D eigenvalue weighted by atomic mass is 10.2. The molecule has 25 heavy (non-hydrogen) atoms. The second-order valence-corrected chi connectivity index (χ2v) is 6.17. The topological polar surface area (TPSA) is 124 Å². The second-order valence-electron chi connectivity index (χ2n) is 4.87. The van der Waals surface area contributed by atoms with Crippen LogP contribution in [0.5, 0.6) is 0 Å². The van der Waals surface area contributed by atoms with Crippen LogP contribution < -0.4 is 5.32 Å². The SMILES string of the molecule is C[C@@H](Sc1nnc(-c2ccco2)o1)C(=O)Nc1ccccc1[N+](=O)[O-]. The fourth-order valence-corrected chi connectivity index (χ4v) is 2.62. The van der Waals surface area contributed by atoms with Crippen LogP contribution in [0.2, 0.25) is 0 Å². The largest absolute Gasteiger partial charge is 0.459 e. The zero-order valence-corrected chi connectivity index (χ0v) is 13.7. The van der Waals surface area contributed by atoms with Crippen molar-refractivity contribution >= 4 is 29.0 Å². The molecule has 1 aromatic carbocycles. The molecular formula is C15H12N4O5S. The number of rotatable bonds is 6. The number of nitrogens with zero attached hydrogens (tertiary/aromatic N) is 3. The van der Waals surface area contributed by atoms with Crippen LogP contribution in [0.1, 0.15) is 6.92 Å². The predicted molar refractivity (Wildman–Crippen MR) is 89.0 cm³/mol. The Bertz CT molecular complexity index is 893. The molecule has 0 fully saturated rings. The summed E-state index contributed by atoms with van der Waals surface area (Å²) in [5.41, 5.74) is -0.0438. The van der Waals surface area contributed by atoms with Gasteiger partial charge in [-0.25, -0.2) is 0 Å². The van der Waals surface area contributed by atoms with E-state index in [-0.39, 0.29) is 22.5 Å². The van der Waals surface area contributed by atoms with Gasteiger partial charge in [0.05, 0.1) is 16.4 Å². The molecule has 9 nitrogen and oxygen atoms in total. The zero-order chi connectivity index (χ0) is 17.8. The van der Waals surface area contributed by atoms with Gasteiger partial charge in [0.1, 0.15) is 5.69 Å². The van der Waals surface area contributed by atoms with E-state index in [9.17, 15) is 14.9 Å². The van der Waals surface area contributed by atoms with E-state index in [4.69, 9.17) is 8.83 Å². The minimum absolute atomic E-state index is 0.131. The molecule has 3 aromatic rings. The normalized spacial score (nSPS) is 11.9. The number of aromatic nitrogens is 2. The number of furan rings is 1. The maximum atomic E-state index is 12.3. The molecule has 1 atom stereocenters. The molecule has 0 spiro atoms. The number of nitrogens with one attached hydrogen (secondary N) is 1. The number of benzene rings is 1. The van der Waals surface area contributed by atoms with Crippen molar-refractivity contribution in [2.24, 2.45) is 0 Å². The predicted octanol–water partition coefficient (Wildman–Crippen LogP) is 3.36. The molecule has 0 aliphatic rings. The van der Waals surface area contributed by atoms with Crippen molar-refractivity contribution in [1.29, 1.82) is 0 Å². The first-order valence-electron chi connectivity index (χ1n) is 7.13. The van der Waals surface area contributed by atoms with Crippen LogP contribution in [0.25, 0.3) is 11.7 Å². The van der Waals surface area contributed by atoms with Crippen molar-refractivity contribution in [3.05, 3.63) is 52.8 Å². The molecule has 0 saturated heterocycles. The molecule has 0 bridgehead atoms. The number of para-hydroxylation sites is 2. The Morgan fingerprint density at radius 1 is 1.28 bits per heavy atom. The number of nitro groups is 1. The van der Waals surface area contributed by atoms with Gasteiger partial charge in [-0.15, -0.1) is 10.2 Å². The standard InChI is InChI=1S/C15H12N4O5S/c1-9(13(20)16-10-5-2-3-6-11(10)19(21)22)25-15-18-17-14(24-15)12-7-4-8-23-12/h2-9H,1H3,(H,16,20)/t9-/m1/s1. The molecule has 2 heterocycles. The molecule has 0 aliphatic heterocycles. The van der Waals surface area contributed by atoms with E-state index in [0.717, 1.165) is 11.8 Å². The average molecular weight is 360 g/mol. The number of nitro benzene ring substituents is 1. The van der Waals surface area contributed by atoms with Crippen LogP contribution >= 0.6 is 11.8 Å². The molecule has 128 valence electrons. The monoisotopic (exact) mass is 360 g/mol. The number of anilines is 1. The highest BCUT2D eigenvalue weighted by Gasteiger charge is 2.22. The first-order valence-corrected chi connectivity index (χ1v) is 8.01. The molecule has 0 aliphatic carbocycles. The Kier molecular flexibility index (Phi) is 4.80. The molecular weight excluding hydrogens is 348 g/mol. The van der Waals surface area contributed by atoms with E-state index >= 15 is 0 Å². The number of hydrogen-bond acceptors (Lipinski definition) is 8. The molecule has 0 unspecified atom stereocenters. The Morgan fingerprint density at radius 2 is 2.08 bits per heavy atom.